The maximum absolute atomic E-state index is 12.9. The van der Waals surface area contributed by atoms with Crippen molar-refractivity contribution in [1.29, 1.82) is 0 Å². The summed E-state index contributed by atoms with van der Waals surface area (Å²) in [6, 6.07) is 12.9. The third kappa shape index (κ3) is 3.33. The highest BCUT2D eigenvalue weighted by Gasteiger charge is 2.59. The lowest BCUT2D eigenvalue weighted by atomic mass is 9.85. The van der Waals surface area contributed by atoms with Gasteiger partial charge in [-0.1, -0.05) is 40.2 Å². The molecule has 2 aromatic carbocycles. The number of ether oxygens (including phenoxy) is 1. The van der Waals surface area contributed by atoms with Gasteiger partial charge in [-0.3, -0.25) is 19.3 Å². The van der Waals surface area contributed by atoms with Crippen LogP contribution >= 0.6 is 15.9 Å². The van der Waals surface area contributed by atoms with E-state index >= 15 is 0 Å². The fourth-order valence-corrected chi connectivity index (χ4v) is 5.10. The lowest BCUT2D eigenvalue weighted by Crippen LogP contribution is -2.32. The fraction of sp³-hybridized carbons (Fsp3) is 0.250. The second kappa shape index (κ2) is 7.57. The fourth-order valence-electron chi connectivity index (χ4n) is 4.84. The number of ketones is 1. The molecule has 6 nitrogen and oxygen atoms in total. The van der Waals surface area contributed by atoms with Gasteiger partial charge < -0.3 is 4.74 Å². The zero-order valence-corrected chi connectivity index (χ0v) is 17.9. The summed E-state index contributed by atoms with van der Waals surface area (Å²) in [6.45, 7) is -0.371. The molecule has 31 heavy (non-hydrogen) atoms. The Morgan fingerprint density at radius 1 is 0.871 bits per heavy atom. The maximum Gasteiger partial charge on any atom is 0.338 e. The summed E-state index contributed by atoms with van der Waals surface area (Å²) in [5.74, 6) is -1.52. The summed E-state index contributed by atoms with van der Waals surface area (Å²) >= 11 is 3.30. The summed E-state index contributed by atoms with van der Waals surface area (Å²) in [6.07, 6.45) is 4.98. The molecule has 1 heterocycles. The number of fused-ring (bicyclic) bond motifs is 5. The zero-order valence-electron chi connectivity index (χ0n) is 16.4. The Morgan fingerprint density at radius 2 is 1.42 bits per heavy atom. The summed E-state index contributed by atoms with van der Waals surface area (Å²) in [7, 11) is 0. The monoisotopic (exact) mass is 479 g/mol. The van der Waals surface area contributed by atoms with E-state index in [1.807, 2.05) is 0 Å². The van der Waals surface area contributed by atoms with E-state index in [1.165, 1.54) is 17.0 Å². The Labute approximate surface area is 187 Å². The van der Waals surface area contributed by atoms with Gasteiger partial charge in [-0.2, -0.15) is 0 Å². The lowest BCUT2D eigenvalue weighted by molar-refractivity contribution is -0.123. The normalized spacial score (nSPS) is 25.8. The number of hydrogen-bond acceptors (Lipinski definition) is 5. The molecule has 2 aromatic rings. The van der Waals surface area contributed by atoms with Crippen LogP contribution in [0, 0.1) is 23.7 Å². The van der Waals surface area contributed by atoms with Gasteiger partial charge in [0.05, 0.1) is 23.1 Å². The van der Waals surface area contributed by atoms with Crippen LogP contribution in [0.5, 0.6) is 0 Å². The van der Waals surface area contributed by atoms with E-state index in [0.29, 0.717) is 11.3 Å². The largest absolute Gasteiger partial charge is 0.454 e. The number of benzene rings is 2. The van der Waals surface area contributed by atoms with E-state index in [9.17, 15) is 19.2 Å². The number of anilines is 1. The molecule has 0 N–H and O–H groups in total. The van der Waals surface area contributed by atoms with Crippen LogP contribution in [0.3, 0.4) is 0 Å². The van der Waals surface area contributed by atoms with Gasteiger partial charge in [0.15, 0.2) is 12.4 Å². The molecular formula is C24H18BrNO5. The molecular weight excluding hydrogens is 462 g/mol. The molecule has 2 fully saturated rings. The maximum atomic E-state index is 12.9. The van der Waals surface area contributed by atoms with E-state index in [2.05, 4.69) is 28.1 Å². The molecule has 0 aromatic heterocycles. The Kier molecular flexibility index (Phi) is 4.85. The number of carbonyl (C=O) groups excluding carboxylic acids is 4. The number of hydrogen-bond donors (Lipinski definition) is 0. The quantitative estimate of drug-likeness (QED) is 0.282. The van der Waals surface area contributed by atoms with E-state index < -0.39 is 5.97 Å². The highest BCUT2D eigenvalue weighted by Crippen LogP contribution is 2.53. The first kappa shape index (κ1) is 19.9. The molecule has 4 unspecified atom stereocenters. The molecule has 156 valence electrons. The summed E-state index contributed by atoms with van der Waals surface area (Å²) < 4.78 is 5.97. The van der Waals surface area contributed by atoms with Gasteiger partial charge in [0.25, 0.3) is 0 Å². The number of esters is 1. The van der Waals surface area contributed by atoms with Gasteiger partial charge in [0.2, 0.25) is 11.8 Å². The number of halogens is 1. The van der Waals surface area contributed by atoms with Gasteiger partial charge in [-0.05, 0) is 54.7 Å². The number of nitrogens with zero attached hydrogens (tertiary/aromatic N) is 1. The average Bonchev–Trinajstić information content (AvgIpc) is 3.46. The highest BCUT2D eigenvalue weighted by atomic mass is 79.9. The average molecular weight is 480 g/mol. The van der Waals surface area contributed by atoms with Crippen molar-refractivity contribution in [3.05, 3.63) is 76.3 Å². The van der Waals surface area contributed by atoms with E-state index in [0.717, 1.165) is 10.9 Å². The standard InChI is InChI=1S/C24H18BrNO5/c25-17-7-3-13(4-8-17)19(27)12-31-24(30)14-5-9-18(10-6-14)26-22(28)20-15-1-2-16(11-15)21(20)23(26)29/h1-10,15-16,20-21H,11-12H2. The predicted molar refractivity (Wildman–Crippen MR) is 115 cm³/mol. The number of amides is 2. The molecule has 0 spiro atoms. The topological polar surface area (TPSA) is 80.8 Å². The number of Topliss-reactive ketones (excluding diaryl/α,β-unsaturated/α-hetero) is 1. The van der Waals surface area contributed by atoms with E-state index in [4.69, 9.17) is 4.74 Å². The molecule has 2 amide bonds. The molecule has 1 saturated carbocycles. The Hall–Kier alpha value is -3.06. The van der Waals surface area contributed by atoms with Crippen molar-refractivity contribution >= 4 is 45.2 Å². The SMILES string of the molecule is O=C(COC(=O)c1ccc(N2C(=O)C3C4C=CC(C4)C3C2=O)cc1)c1ccc(Br)cc1. The van der Waals surface area contributed by atoms with Crippen molar-refractivity contribution in [3.63, 3.8) is 0 Å². The second-order valence-corrected chi connectivity index (χ2v) is 8.98. The van der Waals surface area contributed by atoms with E-state index in [1.54, 1.807) is 36.4 Å². The molecule has 7 heteroatoms. The van der Waals surface area contributed by atoms with Gasteiger partial charge in [-0.15, -0.1) is 0 Å². The summed E-state index contributed by atoms with van der Waals surface area (Å²) in [5, 5.41) is 0. The lowest BCUT2D eigenvalue weighted by Gasteiger charge is -2.17. The molecule has 1 saturated heterocycles. The van der Waals surface area contributed by atoms with E-state index in [-0.39, 0.29) is 53.4 Å². The minimum absolute atomic E-state index is 0.147. The van der Waals surface area contributed by atoms with Crippen LogP contribution in [0.25, 0.3) is 0 Å². The van der Waals surface area contributed by atoms with Crippen LogP contribution in [0.1, 0.15) is 27.1 Å². The third-order valence-electron chi connectivity index (χ3n) is 6.33. The first-order chi connectivity index (χ1) is 14.9. The van der Waals surface area contributed by atoms with Crippen molar-refractivity contribution in [2.75, 3.05) is 11.5 Å². The molecule has 0 radical (unpaired) electrons. The first-order valence-electron chi connectivity index (χ1n) is 10.1. The van der Waals surface area contributed by atoms with Crippen LogP contribution < -0.4 is 4.90 Å². The highest BCUT2D eigenvalue weighted by molar-refractivity contribution is 9.10. The van der Waals surface area contributed by atoms with Crippen LogP contribution in [0.15, 0.2) is 65.2 Å². The third-order valence-corrected chi connectivity index (χ3v) is 6.86. The zero-order chi connectivity index (χ0) is 21.7. The number of allylic oxidation sites excluding steroid dienone is 2. The molecule has 3 aliphatic rings. The summed E-state index contributed by atoms with van der Waals surface area (Å²) in [5.41, 5.74) is 1.14. The van der Waals surface area contributed by atoms with Crippen LogP contribution in [0.2, 0.25) is 0 Å². The minimum atomic E-state index is -0.643. The molecule has 5 rings (SSSR count). The number of rotatable bonds is 5. The Bertz CT molecular complexity index is 1090. The van der Waals surface area contributed by atoms with Crippen LogP contribution in [-0.4, -0.2) is 30.2 Å². The minimum Gasteiger partial charge on any atom is -0.454 e. The van der Waals surface area contributed by atoms with Gasteiger partial charge in [0, 0.05) is 10.0 Å². The van der Waals surface area contributed by atoms with Crippen LogP contribution in [0.4, 0.5) is 5.69 Å². The smallest absolute Gasteiger partial charge is 0.338 e. The van der Waals surface area contributed by atoms with Crippen LogP contribution in [-0.2, 0) is 14.3 Å². The van der Waals surface area contributed by atoms with Gasteiger partial charge >= 0.3 is 5.97 Å². The Morgan fingerprint density at radius 3 is 2.00 bits per heavy atom. The van der Waals surface area contributed by atoms with Gasteiger partial charge in [-0.25, -0.2) is 4.79 Å². The predicted octanol–water partition coefficient (Wildman–Crippen LogP) is 3.80. The molecule has 2 bridgehead atoms. The van der Waals surface area contributed by atoms with Crippen molar-refractivity contribution < 1.29 is 23.9 Å². The second-order valence-electron chi connectivity index (χ2n) is 8.06. The number of carbonyl (C=O) groups is 4. The number of imide groups is 1. The van der Waals surface area contributed by atoms with Crippen molar-refractivity contribution in [1.82, 2.24) is 0 Å². The Balaban J connectivity index is 1.24. The molecule has 2 aliphatic carbocycles. The van der Waals surface area contributed by atoms with Crippen molar-refractivity contribution in [3.8, 4) is 0 Å². The van der Waals surface area contributed by atoms with Crippen molar-refractivity contribution in [2.45, 2.75) is 6.42 Å². The first-order valence-corrected chi connectivity index (χ1v) is 10.9. The van der Waals surface area contributed by atoms with Gasteiger partial charge in [0.1, 0.15) is 0 Å². The molecule has 4 atom stereocenters. The molecule has 1 aliphatic heterocycles. The summed E-state index contributed by atoms with van der Waals surface area (Å²) in [4.78, 5) is 51.5. The van der Waals surface area contributed by atoms with Crippen molar-refractivity contribution in [2.24, 2.45) is 23.7 Å².